The molecule has 13 rings (SSSR count). The zero-order valence-electron chi connectivity index (χ0n) is 35.0. The van der Waals surface area contributed by atoms with Gasteiger partial charge in [-0.05, 0) is 87.5 Å². The quantitative estimate of drug-likeness (QED) is 0.112. The van der Waals surface area contributed by atoms with Crippen LogP contribution in [0.15, 0.2) is 249 Å². The zero-order valence-corrected chi connectivity index (χ0v) is 36.0. The van der Waals surface area contributed by atoms with Crippen molar-refractivity contribution < 1.29 is 0 Å². The summed E-state index contributed by atoms with van der Waals surface area (Å²) in [5, 5.41) is 12.9. The second-order valence-electron chi connectivity index (χ2n) is 16.8. The van der Waals surface area contributed by atoms with Crippen LogP contribution in [-0.4, -0.2) is 21.8 Å². The summed E-state index contributed by atoms with van der Waals surface area (Å²) in [7, 11) is -2.78. The number of fused-ring (bicyclic) bond motifs is 10. The normalized spacial score (nSPS) is 12.1. The summed E-state index contributed by atoms with van der Waals surface area (Å²) in [4.78, 5) is 0. The van der Waals surface area contributed by atoms with Gasteiger partial charge >= 0.3 is 0 Å². The van der Waals surface area contributed by atoms with E-state index in [-0.39, 0.29) is 0 Å². The molecule has 3 aromatic heterocycles. The maximum absolute atomic E-state index is 2.78. The molecule has 3 heterocycles. The van der Waals surface area contributed by atoms with Gasteiger partial charge in [0.15, 0.2) is 8.07 Å². The van der Waals surface area contributed by atoms with Crippen LogP contribution in [-0.2, 0) is 0 Å². The van der Waals surface area contributed by atoms with Crippen molar-refractivity contribution in [2.45, 2.75) is 0 Å². The number of rotatable bonds is 7. The second kappa shape index (κ2) is 14.5. The summed E-state index contributed by atoms with van der Waals surface area (Å²) in [5.41, 5.74) is 10.6. The lowest BCUT2D eigenvalue weighted by molar-refractivity contribution is 1.17. The average Bonchev–Trinajstić information content (AvgIpc) is 4.01. The summed E-state index contributed by atoms with van der Waals surface area (Å²) >= 11 is 0. The van der Waals surface area contributed by atoms with Gasteiger partial charge in [0.25, 0.3) is 0 Å². The van der Waals surface area contributed by atoms with E-state index < -0.39 is 8.07 Å². The van der Waals surface area contributed by atoms with Gasteiger partial charge in [0.05, 0.1) is 33.1 Å². The van der Waals surface area contributed by atoms with Gasteiger partial charge in [-0.1, -0.05) is 182 Å². The standard InChI is InChI=1S/C60H41N3Si/c1-5-20-42(21-6-1)63-57-38-36-44(61-54-33-16-13-30-49(54)50-31-14-17-34-55(50)61)41-53(57)51-37-39-58-59(60(51)63)52-32-15-18-35-56(52)62(58)43-22-19-29-48(40-43)64(45-23-7-2-8-24-45,46-25-9-3-10-26-46)47-27-11-4-12-28-47/h1-41H. The summed E-state index contributed by atoms with van der Waals surface area (Å²) in [6.07, 6.45) is 0. The predicted octanol–water partition coefficient (Wildman–Crippen LogP) is 12.4. The molecule has 0 aliphatic carbocycles. The number of aromatic nitrogens is 3. The number of para-hydroxylation sites is 4. The van der Waals surface area contributed by atoms with Crippen molar-refractivity contribution in [2.24, 2.45) is 0 Å². The minimum Gasteiger partial charge on any atom is -0.309 e. The smallest absolute Gasteiger partial charge is 0.179 e. The lowest BCUT2D eigenvalue weighted by Gasteiger charge is -2.34. The number of nitrogens with zero attached hydrogens (tertiary/aromatic N) is 3. The van der Waals surface area contributed by atoms with Gasteiger partial charge in [-0.3, -0.25) is 0 Å². The first kappa shape index (κ1) is 36.5. The molecule has 0 spiro atoms. The van der Waals surface area contributed by atoms with Crippen LogP contribution < -0.4 is 20.7 Å². The lowest BCUT2D eigenvalue weighted by Crippen LogP contribution is -2.74. The Bertz CT molecular complexity index is 3730. The first-order chi connectivity index (χ1) is 31.8. The van der Waals surface area contributed by atoms with Gasteiger partial charge in [0.1, 0.15) is 0 Å². The molecule has 0 bridgehead atoms. The van der Waals surface area contributed by atoms with Gasteiger partial charge in [-0.2, -0.15) is 0 Å². The fraction of sp³-hybridized carbons (Fsp3) is 0. The van der Waals surface area contributed by atoms with Gasteiger partial charge in [-0.25, -0.2) is 0 Å². The van der Waals surface area contributed by atoms with Crippen molar-refractivity contribution >= 4 is 94.2 Å². The van der Waals surface area contributed by atoms with Crippen molar-refractivity contribution in [3.8, 4) is 17.1 Å². The Morgan fingerprint density at radius 1 is 0.234 bits per heavy atom. The van der Waals surface area contributed by atoms with Crippen molar-refractivity contribution in [1.29, 1.82) is 0 Å². The Morgan fingerprint density at radius 2 is 0.656 bits per heavy atom. The summed E-state index contributed by atoms with van der Waals surface area (Å²) in [5.74, 6) is 0. The molecule has 3 nitrogen and oxygen atoms in total. The van der Waals surface area contributed by atoms with Crippen molar-refractivity contribution in [1.82, 2.24) is 13.7 Å². The molecule has 0 fully saturated rings. The van der Waals surface area contributed by atoms with E-state index in [9.17, 15) is 0 Å². The largest absolute Gasteiger partial charge is 0.309 e. The van der Waals surface area contributed by atoms with E-state index in [1.807, 2.05) is 0 Å². The first-order valence-corrected chi connectivity index (χ1v) is 24.1. The van der Waals surface area contributed by atoms with Crippen LogP contribution in [0.3, 0.4) is 0 Å². The molecule has 64 heavy (non-hydrogen) atoms. The van der Waals surface area contributed by atoms with Gasteiger partial charge in [0.2, 0.25) is 0 Å². The third-order valence-electron chi connectivity index (χ3n) is 13.6. The van der Waals surface area contributed by atoms with E-state index in [0.29, 0.717) is 0 Å². The molecule has 0 N–H and O–H groups in total. The van der Waals surface area contributed by atoms with Crippen LogP contribution in [0.2, 0.25) is 0 Å². The number of benzene rings is 10. The van der Waals surface area contributed by atoms with Crippen LogP contribution in [0.1, 0.15) is 0 Å². The van der Waals surface area contributed by atoms with Gasteiger partial charge < -0.3 is 13.7 Å². The highest BCUT2D eigenvalue weighted by atomic mass is 28.3. The van der Waals surface area contributed by atoms with Crippen LogP contribution in [0.25, 0.3) is 82.5 Å². The highest BCUT2D eigenvalue weighted by Gasteiger charge is 2.41. The summed E-state index contributed by atoms with van der Waals surface area (Å²) in [6, 6.07) is 92.2. The monoisotopic (exact) mass is 831 g/mol. The third kappa shape index (κ3) is 5.27. The maximum atomic E-state index is 2.50. The topological polar surface area (TPSA) is 14.8 Å². The Labute approximate surface area is 372 Å². The fourth-order valence-electron chi connectivity index (χ4n) is 11.0. The first-order valence-electron chi connectivity index (χ1n) is 22.1. The molecule has 0 unspecified atom stereocenters. The van der Waals surface area contributed by atoms with Crippen LogP contribution in [0, 0.1) is 0 Å². The van der Waals surface area contributed by atoms with E-state index >= 15 is 0 Å². The van der Waals surface area contributed by atoms with Gasteiger partial charge in [0, 0.05) is 49.4 Å². The zero-order chi connectivity index (χ0) is 42.2. The molecule has 10 aromatic carbocycles. The highest BCUT2D eigenvalue weighted by molar-refractivity contribution is 7.19. The van der Waals surface area contributed by atoms with E-state index in [1.165, 1.54) is 86.2 Å². The minimum atomic E-state index is -2.78. The van der Waals surface area contributed by atoms with Crippen LogP contribution in [0.4, 0.5) is 0 Å². The maximum Gasteiger partial charge on any atom is 0.179 e. The van der Waals surface area contributed by atoms with Crippen LogP contribution >= 0.6 is 0 Å². The molecule has 0 saturated carbocycles. The van der Waals surface area contributed by atoms with Crippen molar-refractivity contribution in [3.63, 3.8) is 0 Å². The molecule has 0 aliphatic heterocycles. The Kier molecular flexibility index (Phi) is 8.23. The summed E-state index contributed by atoms with van der Waals surface area (Å²) in [6.45, 7) is 0. The molecule has 0 atom stereocenters. The van der Waals surface area contributed by atoms with E-state index in [0.717, 1.165) is 17.1 Å². The Morgan fingerprint density at radius 3 is 1.25 bits per heavy atom. The highest BCUT2D eigenvalue weighted by Crippen LogP contribution is 2.43. The second-order valence-corrected chi connectivity index (χ2v) is 20.7. The molecular formula is C60H41N3Si. The third-order valence-corrected chi connectivity index (χ3v) is 18.3. The van der Waals surface area contributed by atoms with Gasteiger partial charge in [-0.15, -0.1) is 0 Å². The molecule has 0 radical (unpaired) electrons. The average molecular weight is 832 g/mol. The molecule has 4 heteroatoms. The molecule has 0 amide bonds. The molecule has 300 valence electrons. The number of hydrogen-bond donors (Lipinski definition) is 0. The van der Waals surface area contributed by atoms with Crippen molar-refractivity contribution in [3.05, 3.63) is 249 Å². The molecule has 13 aromatic rings. The lowest BCUT2D eigenvalue weighted by atomic mass is 10.1. The molecule has 0 saturated heterocycles. The molecule has 0 aliphatic rings. The minimum absolute atomic E-state index is 1.14. The molecular weight excluding hydrogens is 791 g/mol. The van der Waals surface area contributed by atoms with E-state index in [4.69, 9.17) is 0 Å². The van der Waals surface area contributed by atoms with E-state index in [1.54, 1.807) is 0 Å². The number of hydrogen-bond acceptors (Lipinski definition) is 0. The SMILES string of the molecule is c1ccc(-n2c3ccc(-n4c5ccccc5c5ccccc54)cc3c3ccc4c(c5ccccc5n4-c4cccc([Si](c5ccccc5)(c5ccccc5)c5ccccc5)c4)c32)cc1. The Balaban J connectivity index is 1.11. The Hall–Kier alpha value is -8.18. The fourth-order valence-corrected chi connectivity index (χ4v) is 15.7. The summed E-state index contributed by atoms with van der Waals surface area (Å²) < 4.78 is 7.43. The predicted molar refractivity (Wildman–Crippen MR) is 273 cm³/mol. The van der Waals surface area contributed by atoms with Crippen LogP contribution in [0.5, 0.6) is 0 Å². The van der Waals surface area contributed by atoms with Crippen molar-refractivity contribution in [2.75, 3.05) is 0 Å². The van der Waals surface area contributed by atoms with E-state index in [2.05, 4.69) is 262 Å².